The lowest BCUT2D eigenvalue weighted by atomic mass is 10.3. The molecule has 0 fully saturated rings. The van der Waals surface area contributed by atoms with Crippen molar-refractivity contribution in [3.05, 3.63) is 44.8 Å². The molecule has 4 heteroatoms. The van der Waals surface area contributed by atoms with Gasteiger partial charge in [-0.2, -0.15) is 0 Å². The molecule has 0 saturated heterocycles. The summed E-state index contributed by atoms with van der Waals surface area (Å²) >= 11 is 5.15. The van der Waals surface area contributed by atoms with Gasteiger partial charge in [0.2, 0.25) is 0 Å². The van der Waals surface area contributed by atoms with E-state index in [2.05, 4.69) is 45.3 Å². The Morgan fingerprint density at radius 1 is 1.31 bits per heavy atom. The predicted molar refractivity (Wildman–Crippen MR) is 73.2 cm³/mol. The van der Waals surface area contributed by atoms with Crippen LogP contribution < -0.4 is 5.32 Å². The van der Waals surface area contributed by atoms with Gasteiger partial charge in [-0.05, 0) is 31.2 Å². The summed E-state index contributed by atoms with van der Waals surface area (Å²) in [6, 6.07) is 8.23. The average molecular weight is 297 g/mol. The van der Waals surface area contributed by atoms with Crippen LogP contribution >= 0.6 is 27.3 Å². The van der Waals surface area contributed by atoms with Gasteiger partial charge in [-0.3, -0.25) is 0 Å². The summed E-state index contributed by atoms with van der Waals surface area (Å²) in [5, 5.41) is 3.40. The fraction of sp³-hybridized carbons (Fsp3) is 0.250. The van der Waals surface area contributed by atoms with E-state index in [1.54, 1.807) is 11.3 Å². The summed E-state index contributed by atoms with van der Waals surface area (Å²) in [4.78, 5) is 5.60. The van der Waals surface area contributed by atoms with E-state index in [0.717, 1.165) is 28.8 Å². The van der Waals surface area contributed by atoms with Crippen molar-refractivity contribution in [2.75, 3.05) is 11.9 Å². The number of anilines is 1. The molecule has 0 spiro atoms. The average Bonchev–Trinajstić information content (AvgIpc) is 2.68. The standard InChI is InChI=1S/C12H13BrN2S/c1-9-12(16-8-15-9)6-7-14-11-4-2-10(13)3-5-11/h2-5,8,14H,6-7H2,1H3. The number of nitrogens with one attached hydrogen (secondary N) is 1. The van der Waals surface area contributed by atoms with Gasteiger partial charge in [-0.15, -0.1) is 11.3 Å². The van der Waals surface area contributed by atoms with Gasteiger partial charge in [0.25, 0.3) is 0 Å². The van der Waals surface area contributed by atoms with Crippen molar-refractivity contribution in [3.8, 4) is 0 Å². The minimum Gasteiger partial charge on any atom is -0.385 e. The van der Waals surface area contributed by atoms with E-state index in [4.69, 9.17) is 0 Å². The van der Waals surface area contributed by atoms with Gasteiger partial charge >= 0.3 is 0 Å². The minimum atomic E-state index is 0.949. The number of aromatic nitrogens is 1. The molecular formula is C12H13BrN2S. The van der Waals surface area contributed by atoms with Crippen molar-refractivity contribution in [2.24, 2.45) is 0 Å². The number of aryl methyl sites for hydroxylation is 1. The quantitative estimate of drug-likeness (QED) is 0.926. The highest BCUT2D eigenvalue weighted by atomic mass is 79.9. The molecule has 0 amide bonds. The van der Waals surface area contributed by atoms with E-state index in [-0.39, 0.29) is 0 Å². The van der Waals surface area contributed by atoms with Crippen LogP contribution in [0.2, 0.25) is 0 Å². The highest BCUT2D eigenvalue weighted by Gasteiger charge is 2.00. The molecule has 0 aliphatic heterocycles. The van der Waals surface area contributed by atoms with Crippen LogP contribution in [0.4, 0.5) is 5.69 Å². The highest BCUT2D eigenvalue weighted by molar-refractivity contribution is 9.10. The second-order valence-electron chi connectivity index (χ2n) is 3.54. The Bertz CT molecular complexity index is 450. The van der Waals surface area contributed by atoms with E-state index in [0.29, 0.717) is 0 Å². The van der Waals surface area contributed by atoms with Gasteiger partial charge in [0, 0.05) is 28.0 Å². The Labute approximate surface area is 108 Å². The zero-order valence-electron chi connectivity index (χ0n) is 9.03. The summed E-state index contributed by atoms with van der Waals surface area (Å²) in [6.07, 6.45) is 1.03. The molecule has 1 N–H and O–H groups in total. The van der Waals surface area contributed by atoms with Crippen molar-refractivity contribution < 1.29 is 0 Å². The Hall–Kier alpha value is -0.870. The number of hydrogen-bond acceptors (Lipinski definition) is 3. The summed E-state index contributed by atoms with van der Waals surface area (Å²) in [5.74, 6) is 0. The first-order valence-corrected chi connectivity index (χ1v) is 6.81. The lowest BCUT2D eigenvalue weighted by Gasteiger charge is -2.05. The summed E-state index contributed by atoms with van der Waals surface area (Å²) < 4.78 is 1.11. The number of thiazole rings is 1. The van der Waals surface area contributed by atoms with Crippen molar-refractivity contribution >= 4 is 33.0 Å². The first-order valence-electron chi connectivity index (χ1n) is 5.14. The Morgan fingerprint density at radius 3 is 2.69 bits per heavy atom. The SMILES string of the molecule is Cc1ncsc1CCNc1ccc(Br)cc1. The van der Waals surface area contributed by atoms with Gasteiger partial charge in [0.1, 0.15) is 0 Å². The van der Waals surface area contributed by atoms with Crippen LogP contribution in [0.15, 0.2) is 34.2 Å². The molecule has 0 bridgehead atoms. The number of nitrogens with zero attached hydrogens (tertiary/aromatic N) is 1. The topological polar surface area (TPSA) is 24.9 Å². The molecule has 84 valence electrons. The maximum atomic E-state index is 4.24. The van der Waals surface area contributed by atoms with E-state index in [1.165, 1.54) is 4.88 Å². The van der Waals surface area contributed by atoms with Crippen LogP contribution in [0, 0.1) is 6.92 Å². The third-order valence-corrected chi connectivity index (χ3v) is 3.89. The van der Waals surface area contributed by atoms with E-state index < -0.39 is 0 Å². The molecule has 0 atom stereocenters. The zero-order valence-corrected chi connectivity index (χ0v) is 11.4. The van der Waals surface area contributed by atoms with Crippen molar-refractivity contribution in [1.82, 2.24) is 4.98 Å². The maximum Gasteiger partial charge on any atom is 0.0797 e. The molecule has 1 aromatic heterocycles. The third-order valence-electron chi connectivity index (χ3n) is 2.37. The van der Waals surface area contributed by atoms with Crippen LogP contribution in [0.25, 0.3) is 0 Å². The van der Waals surface area contributed by atoms with Gasteiger partial charge < -0.3 is 5.32 Å². The first-order chi connectivity index (χ1) is 7.75. The highest BCUT2D eigenvalue weighted by Crippen LogP contribution is 2.15. The molecular weight excluding hydrogens is 284 g/mol. The van der Waals surface area contributed by atoms with Crippen molar-refractivity contribution in [1.29, 1.82) is 0 Å². The second kappa shape index (κ2) is 5.46. The zero-order chi connectivity index (χ0) is 11.4. The number of benzene rings is 1. The lowest BCUT2D eigenvalue weighted by molar-refractivity contribution is 1.02. The summed E-state index contributed by atoms with van der Waals surface area (Å²) in [6.45, 7) is 3.01. The monoisotopic (exact) mass is 296 g/mol. The van der Waals surface area contributed by atoms with Crippen molar-refractivity contribution in [3.63, 3.8) is 0 Å². The number of hydrogen-bond donors (Lipinski definition) is 1. The molecule has 16 heavy (non-hydrogen) atoms. The van der Waals surface area contributed by atoms with Gasteiger partial charge in [0.15, 0.2) is 0 Å². The van der Waals surface area contributed by atoms with Crippen LogP contribution in [0.5, 0.6) is 0 Å². The fourth-order valence-electron chi connectivity index (χ4n) is 1.45. The molecule has 0 saturated carbocycles. The van der Waals surface area contributed by atoms with Crippen LogP contribution in [0.3, 0.4) is 0 Å². The summed E-state index contributed by atoms with van der Waals surface area (Å²) in [7, 11) is 0. The molecule has 2 nitrogen and oxygen atoms in total. The van der Waals surface area contributed by atoms with E-state index in [9.17, 15) is 0 Å². The van der Waals surface area contributed by atoms with E-state index in [1.807, 2.05) is 17.6 Å². The van der Waals surface area contributed by atoms with Crippen LogP contribution in [-0.4, -0.2) is 11.5 Å². The smallest absolute Gasteiger partial charge is 0.0797 e. The lowest BCUT2D eigenvalue weighted by Crippen LogP contribution is -2.04. The van der Waals surface area contributed by atoms with Gasteiger partial charge in [-0.25, -0.2) is 4.98 Å². The number of halogens is 1. The molecule has 1 aromatic carbocycles. The molecule has 0 aliphatic rings. The molecule has 2 aromatic rings. The van der Waals surface area contributed by atoms with Crippen LogP contribution in [0.1, 0.15) is 10.6 Å². The maximum absolute atomic E-state index is 4.24. The molecule has 1 heterocycles. The second-order valence-corrected chi connectivity index (χ2v) is 5.40. The fourth-order valence-corrected chi connectivity index (χ4v) is 2.50. The predicted octanol–water partition coefficient (Wildman–Crippen LogP) is 3.87. The molecule has 0 radical (unpaired) electrons. The van der Waals surface area contributed by atoms with Crippen LogP contribution in [-0.2, 0) is 6.42 Å². The van der Waals surface area contributed by atoms with Gasteiger partial charge in [-0.1, -0.05) is 15.9 Å². The Kier molecular flexibility index (Phi) is 3.96. The van der Waals surface area contributed by atoms with Crippen molar-refractivity contribution in [2.45, 2.75) is 13.3 Å². The molecule has 0 aliphatic carbocycles. The largest absolute Gasteiger partial charge is 0.385 e. The first kappa shape index (κ1) is 11.6. The summed E-state index contributed by atoms with van der Waals surface area (Å²) in [5.41, 5.74) is 4.22. The minimum absolute atomic E-state index is 0.949. The number of rotatable bonds is 4. The van der Waals surface area contributed by atoms with E-state index >= 15 is 0 Å². The van der Waals surface area contributed by atoms with Gasteiger partial charge in [0.05, 0.1) is 11.2 Å². The molecule has 0 unspecified atom stereocenters. The Morgan fingerprint density at radius 2 is 2.06 bits per heavy atom. The normalized spacial score (nSPS) is 10.4. The molecule has 2 rings (SSSR count). The third kappa shape index (κ3) is 3.06. The Balaban J connectivity index is 1.84.